The van der Waals surface area contributed by atoms with Crippen LogP contribution in [0.15, 0.2) is 48.5 Å². The SMILES string of the molecule is CCOC(=O)C12CC1CN(C1CCC3(Cc4ccccc4Cc4ccccc43)C1)C2. The van der Waals surface area contributed by atoms with E-state index in [4.69, 9.17) is 4.74 Å². The first kappa shape index (κ1) is 18.6. The highest BCUT2D eigenvalue weighted by Crippen LogP contribution is 2.60. The number of fused-ring (bicyclic) bond motifs is 4. The molecule has 4 aliphatic rings. The Morgan fingerprint density at radius 3 is 2.67 bits per heavy atom. The van der Waals surface area contributed by atoms with Crippen LogP contribution in [0.4, 0.5) is 0 Å². The normalized spacial score (nSPS) is 34.2. The van der Waals surface area contributed by atoms with Crippen molar-refractivity contribution in [2.75, 3.05) is 19.7 Å². The molecule has 0 aromatic heterocycles. The highest BCUT2D eigenvalue weighted by molar-refractivity contribution is 5.81. The Balaban J connectivity index is 1.29. The first-order chi connectivity index (χ1) is 14.6. The van der Waals surface area contributed by atoms with Gasteiger partial charge in [-0.3, -0.25) is 9.69 Å². The van der Waals surface area contributed by atoms with E-state index < -0.39 is 0 Å². The first-order valence-electron chi connectivity index (χ1n) is 11.7. The Hall–Kier alpha value is -2.13. The van der Waals surface area contributed by atoms with Gasteiger partial charge in [0.2, 0.25) is 0 Å². The summed E-state index contributed by atoms with van der Waals surface area (Å²) in [6.07, 6.45) is 6.94. The zero-order valence-corrected chi connectivity index (χ0v) is 17.9. The fourth-order valence-electron chi connectivity index (χ4n) is 6.97. The minimum absolute atomic E-state index is 0.0546. The Bertz CT molecular complexity index is 1000. The number of nitrogens with zero attached hydrogens (tertiary/aromatic N) is 1. The minimum atomic E-state index is -0.181. The van der Waals surface area contributed by atoms with Crippen molar-refractivity contribution in [3.8, 4) is 0 Å². The topological polar surface area (TPSA) is 29.5 Å². The van der Waals surface area contributed by atoms with Crippen LogP contribution in [-0.4, -0.2) is 36.6 Å². The van der Waals surface area contributed by atoms with Gasteiger partial charge in [-0.15, -0.1) is 0 Å². The average Bonchev–Trinajstić information content (AvgIpc) is 3.13. The van der Waals surface area contributed by atoms with E-state index in [1.165, 1.54) is 36.0 Å². The van der Waals surface area contributed by atoms with Crippen LogP contribution in [0.5, 0.6) is 0 Å². The lowest BCUT2D eigenvalue weighted by Crippen LogP contribution is -2.38. The van der Waals surface area contributed by atoms with E-state index in [9.17, 15) is 4.79 Å². The molecule has 0 N–H and O–H groups in total. The molecule has 30 heavy (non-hydrogen) atoms. The molecule has 0 amide bonds. The molecule has 1 aliphatic heterocycles. The molecule has 6 rings (SSSR count). The van der Waals surface area contributed by atoms with Crippen molar-refractivity contribution < 1.29 is 9.53 Å². The van der Waals surface area contributed by atoms with Crippen molar-refractivity contribution in [1.29, 1.82) is 0 Å². The quantitative estimate of drug-likeness (QED) is 0.709. The summed E-state index contributed by atoms with van der Waals surface area (Å²) in [5.74, 6) is 0.578. The highest BCUT2D eigenvalue weighted by Gasteiger charge is 2.67. The molecule has 2 aromatic rings. The third kappa shape index (κ3) is 2.71. The number of likely N-dealkylation sites (tertiary alicyclic amines) is 1. The second-order valence-corrected chi connectivity index (χ2v) is 10.2. The van der Waals surface area contributed by atoms with Crippen LogP contribution in [0.2, 0.25) is 0 Å². The van der Waals surface area contributed by atoms with Crippen LogP contribution in [-0.2, 0) is 27.8 Å². The Labute approximate surface area is 179 Å². The summed E-state index contributed by atoms with van der Waals surface area (Å²) in [5.41, 5.74) is 6.16. The van der Waals surface area contributed by atoms with E-state index in [0.717, 1.165) is 32.4 Å². The van der Waals surface area contributed by atoms with Gasteiger partial charge in [-0.1, -0.05) is 48.5 Å². The van der Waals surface area contributed by atoms with E-state index in [2.05, 4.69) is 53.4 Å². The summed E-state index contributed by atoms with van der Waals surface area (Å²) >= 11 is 0. The Morgan fingerprint density at radius 2 is 1.83 bits per heavy atom. The van der Waals surface area contributed by atoms with Crippen LogP contribution >= 0.6 is 0 Å². The van der Waals surface area contributed by atoms with Crippen molar-refractivity contribution in [3.05, 3.63) is 70.8 Å². The van der Waals surface area contributed by atoms with Crippen LogP contribution in [0.1, 0.15) is 54.9 Å². The molecule has 156 valence electrons. The number of hydrogen-bond donors (Lipinski definition) is 0. The van der Waals surface area contributed by atoms with Crippen molar-refractivity contribution >= 4 is 5.97 Å². The smallest absolute Gasteiger partial charge is 0.313 e. The van der Waals surface area contributed by atoms with Gasteiger partial charge < -0.3 is 4.74 Å². The maximum Gasteiger partial charge on any atom is 0.313 e. The van der Waals surface area contributed by atoms with Gasteiger partial charge in [-0.2, -0.15) is 0 Å². The van der Waals surface area contributed by atoms with Gasteiger partial charge in [0.15, 0.2) is 0 Å². The number of rotatable bonds is 3. The average molecular weight is 402 g/mol. The number of carbonyl (C=O) groups excluding carboxylic acids is 1. The maximum absolute atomic E-state index is 12.6. The van der Waals surface area contributed by atoms with Crippen LogP contribution in [0, 0.1) is 11.3 Å². The summed E-state index contributed by atoms with van der Waals surface area (Å²) in [5, 5.41) is 0. The molecule has 4 unspecified atom stereocenters. The lowest BCUT2D eigenvalue weighted by molar-refractivity contribution is -0.150. The molecule has 0 bridgehead atoms. The van der Waals surface area contributed by atoms with Crippen molar-refractivity contribution in [2.45, 2.75) is 56.9 Å². The molecule has 1 heterocycles. The molecule has 1 saturated heterocycles. The van der Waals surface area contributed by atoms with E-state index in [0.29, 0.717) is 18.6 Å². The van der Waals surface area contributed by atoms with Crippen LogP contribution in [0.3, 0.4) is 0 Å². The van der Waals surface area contributed by atoms with E-state index in [1.54, 1.807) is 5.56 Å². The number of ether oxygens (including phenoxy) is 1. The van der Waals surface area contributed by atoms with Gasteiger partial charge in [-0.25, -0.2) is 0 Å². The third-order valence-corrected chi connectivity index (χ3v) is 8.57. The van der Waals surface area contributed by atoms with Gasteiger partial charge in [0.05, 0.1) is 12.0 Å². The van der Waals surface area contributed by atoms with E-state index in [-0.39, 0.29) is 16.8 Å². The first-order valence-corrected chi connectivity index (χ1v) is 11.7. The number of carbonyl (C=O) groups is 1. The minimum Gasteiger partial charge on any atom is -0.466 e. The molecule has 2 aromatic carbocycles. The second-order valence-electron chi connectivity index (χ2n) is 10.2. The molecule has 4 atom stereocenters. The lowest BCUT2D eigenvalue weighted by Gasteiger charge is -2.33. The lowest BCUT2D eigenvalue weighted by atomic mass is 9.73. The Morgan fingerprint density at radius 1 is 1.07 bits per heavy atom. The summed E-state index contributed by atoms with van der Waals surface area (Å²) < 4.78 is 5.43. The van der Waals surface area contributed by atoms with Crippen LogP contribution < -0.4 is 0 Å². The molecule has 1 spiro atoms. The third-order valence-electron chi connectivity index (χ3n) is 8.57. The second kappa shape index (κ2) is 6.68. The monoisotopic (exact) mass is 401 g/mol. The molecular weight excluding hydrogens is 370 g/mol. The highest BCUT2D eigenvalue weighted by atomic mass is 16.5. The van der Waals surface area contributed by atoms with Gasteiger partial charge >= 0.3 is 5.97 Å². The summed E-state index contributed by atoms with van der Waals surface area (Å²) in [6.45, 7) is 4.41. The maximum atomic E-state index is 12.6. The largest absolute Gasteiger partial charge is 0.466 e. The number of piperidine rings is 1. The van der Waals surface area contributed by atoms with Gasteiger partial charge in [-0.05, 0) is 73.6 Å². The number of benzene rings is 2. The zero-order chi connectivity index (χ0) is 20.3. The molecule has 3 fully saturated rings. The zero-order valence-electron chi connectivity index (χ0n) is 17.9. The molecule has 3 nitrogen and oxygen atoms in total. The van der Waals surface area contributed by atoms with E-state index in [1.807, 2.05) is 6.92 Å². The summed E-state index contributed by atoms with van der Waals surface area (Å²) in [4.78, 5) is 15.2. The summed E-state index contributed by atoms with van der Waals surface area (Å²) in [6, 6.07) is 18.8. The number of hydrogen-bond acceptors (Lipinski definition) is 3. The van der Waals surface area contributed by atoms with Gasteiger partial charge in [0, 0.05) is 24.5 Å². The van der Waals surface area contributed by atoms with Gasteiger partial charge in [0.1, 0.15) is 0 Å². The van der Waals surface area contributed by atoms with Crippen molar-refractivity contribution in [3.63, 3.8) is 0 Å². The predicted octanol–water partition coefficient (Wildman–Crippen LogP) is 4.51. The standard InChI is InChI=1S/C27H31NO2/c1-2-30-25(29)27-15-22(27)17-28(18-27)23-11-12-26(16-23)14-21-9-4-3-7-19(21)13-20-8-5-6-10-24(20)26/h3-10,22-23H,2,11-18H2,1H3. The van der Waals surface area contributed by atoms with Crippen molar-refractivity contribution in [1.82, 2.24) is 4.90 Å². The molecular formula is C27H31NO2. The predicted molar refractivity (Wildman–Crippen MR) is 117 cm³/mol. The molecule has 3 heteroatoms. The fraction of sp³-hybridized carbons (Fsp3) is 0.519. The molecule has 3 aliphatic carbocycles. The Kier molecular flexibility index (Phi) is 4.15. The van der Waals surface area contributed by atoms with Crippen molar-refractivity contribution in [2.24, 2.45) is 11.3 Å². The van der Waals surface area contributed by atoms with Gasteiger partial charge in [0.25, 0.3) is 0 Å². The number of esters is 1. The molecule has 2 saturated carbocycles. The van der Waals surface area contributed by atoms with Crippen LogP contribution in [0.25, 0.3) is 0 Å². The summed E-state index contributed by atoms with van der Waals surface area (Å²) in [7, 11) is 0. The molecule has 0 radical (unpaired) electrons. The van der Waals surface area contributed by atoms with E-state index >= 15 is 0 Å². The fourth-order valence-corrected chi connectivity index (χ4v) is 6.97.